The van der Waals surface area contributed by atoms with E-state index in [9.17, 15) is 14.4 Å². The summed E-state index contributed by atoms with van der Waals surface area (Å²) in [4.78, 5) is 44.5. The molecule has 0 radical (unpaired) electrons. The molecule has 1 unspecified atom stereocenters. The molecule has 1 aliphatic rings. The lowest BCUT2D eigenvalue weighted by molar-refractivity contribution is -0.204. The summed E-state index contributed by atoms with van der Waals surface area (Å²) >= 11 is 0. The van der Waals surface area contributed by atoms with Crippen LogP contribution in [-0.4, -0.2) is 47.1 Å². The monoisotopic (exact) mass is 362 g/mol. The van der Waals surface area contributed by atoms with Gasteiger partial charge < -0.3 is 9.94 Å². The summed E-state index contributed by atoms with van der Waals surface area (Å²) in [6.45, 7) is 3.64. The van der Waals surface area contributed by atoms with Crippen molar-refractivity contribution in [3.63, 3.8) is 0 Å². The topological polar surface area (TPSA) is 87.2 Å². The molecule has 142 valence electrons. The van der Waals surface area contributed by atoms with Crippen molar-refractivity contribution in [2.24, 2.45) is 5.92 Å². The van der Waals surface area contributed by atoms with Gasteiger partial charge in [-0.25, -0.2) is 4.79 Å². The standard InChI is InChI=1S/C19H26N2O5/c1-14(2)12-16-19(25)20(15-8-4-3-5-9-15)13-18(24)26-21(16)17(23)10-6-7-11-22/h3-5,8-9,14,16,22H,6-7,10-13H2,1-2H3. The second-order valence-electron chi connectivity index (χ2n) is 6.77. The number of aliphatic hydroxyl groups is 1. The highest BCUT2D eigenvalue weighted by Crippen LogP contribution is 2.24. The third-order valence-corrected chi connectivity index (χ3v) is 4.13. The number of anilines is 1. The maximum absolute atomic E-state index is 13.1. The van der Waals surface area contributed by atoms with E-state index in [0.29, 0.717) is 24.9 Å². The van der Waals surface area contributed by atoms with Crippen LogP contribution in [0.25, 0.3) is 0 Å². The highest BCUT2D eigenvalue weighted by atomic mass is 16.7. The first-order chi connectivity index (χ1) is 12.4. The Morgan fingerprint density at radius 2 is 1.92 bits per heavy atom. The van der Waals surface area contributed by atoms with E-state index in [0.717, 1.165) is 5.06 Å². The van der Waals surface area contributed by atoms with E-state index in [1.54, 1.807) is 24.3 Å². The first-order valence-corrected chi connectivity index (χ1v) is 8.94. The quantitative estimate of drug-likeness (QED) is 0.749. The highest BCUT2D eigenvalue weighted by molar-refractivity contribution is 6.03. The first-order valence-electron chi connectivity index (χ1n) is 8.94. The number of benzene rings is 1. The molecule has 26 heavy (non-hydrogen) atoms. The normalized spacial score (nSPS) is 18.1. The molecule has 1 fully saturated rings. The van der Waals surface area contributed by atoms with Crippen LogP contribution in [0.3, 0.4) is 0 Å². The molecule has 1 aromatic carbocycles. The average molecular weight is 362 g/mol. The molecule has 0 bridgehead atoms. The molecule has 1 aliphatic heterocycles. The molecule has 0 aliphatic carbocycles. The van der Waals surface area contributed by atoms with Gasteiger partial charge in [0.15, 0.2) is 0 Å². The summed E-state index contributed by atoms with van der Waals surface area (Å²) in [5.41, 5.74) is 0.595. The lowest BCUT2D eigenvalue weighted by atomic mass is 10.0. The average Bonchev–Trinajstić information content (AvgIpc) is 2.73. The summed E-state index contributed by atoms with van der Waals surface area (Å²) in [5.74, 6) is -1.26. The van der Waals surface area contributed by atoms with Crippen molar-refractivity contribution in [2.75, 3.05) is 18.1 Å². The van der Waals surface area contributed by atoms with Gasteiger partial charge in [-0.3, -0.25) is 14.5 Å². The zero-order valence-electron chi connectivity index (χ0n) is 15.3. The fourth-order valence-electron chi connectivity index (χ4n) is 2.88. The Kier molecular flexibility index (Phi) is 7.15. The Morgan fingerprint density at radius 1 is 1.23 bits per heavy atom. The van der Waals surface area contributed by atoms with E-state index in [-0.39, 0.29) is 31.4 Å². The number of hydroxylamine groups is 2. The van der Waals surface area contributed by atoms with Crippen molar-refractivity contribution in [3.05, 3.63) is 30.3 Å². The number of hydrogen-bond acceptors (Lipinski definition) is 5. The van der Waals surface area contributed by atoms with E-state index in [4.69, 9.17) is 9.94 Å². The summed E-state index contributed by atoms with van der Waals surface area (Å²) in [7, 11) is 0. The van der Waals surface area contributed by atoms with Crippen molar-refractivity contribution in [2.45, 2.75) is 45.6 Å². The van der Waals surface area contributed by atoms with E-state index in [1.165, 1.54) is 4.90 Å². The summed E-state index contributed by atoms with van der Waals surface area (Å²) in [6, 6.07) is 8.03. The molecule has 0 spiro atoms. The van der Waals surface area contributed by atoms with E-state index in [2.05, 4.69) is 0 Å². The van der Waals surface area contributed by atoms with Gasteiger partial charge in [-0.1, -0.05) is 32.0 Å². The minimum Gasteiger partial charge on any atom is -0.396 e. The second kappa shape index (κ2) is 9.33. The number of carbonyl (C=O) groups excluding carboxylic acids is 3. The van der Waals surface area contributed by atoms with E-state index >= 15 is 0 Å². The van der Waals surface area contributed by atoms with Crippen LogP contribution >= 0.6 is 0 Å². The highest BCUT2D eigenvalue weighted by Gasteiger charge is 2.40. The third kappa shape index (κ3) is 5.05. The van der Waals surface area contributed by atoms with Crippen LogP contribution in [0.1, 0.15) is 39.5 Å². The van der Waals surface area contributed by atoms with Gasteiger partial charge in [0.1, 0.15) is 12.6 Å². The van der Waals surface area contributed by atoms with Crippen LogP contribution in [0.4, 0.5) is 5.69 Å². The molecule has 0 saturated carbocycles. The summed E-state index contributed by atoms with van der Waals surface area (Å²) in [5, 5.41) is 9.83. The van der Waals surface area contributed by atoms with Crippen LogP contribution in [0.5, 0.6) is 0 Å². The van der Waals surface area contributed by atoms with Crippen molar-refractivity contribution >= 4 is 23.5 Å². The molecule has 1 aromatic rings. The fraction of sp³-hybridized carbons (Fsp3) is 0.526. The lowest BCUT2D eigenvalue weighted by Crippen LogP contribution is -2.48. The predicted molar refractivity (Wildman–Crippen MR) is 95.9 cm³/mol. The van der Waals surface area contributed by atoms with Crippen LogP contribution in [0.15, 0.2) is 30.3 Å². The van der Waals surface area contributed by atoms with Gasteiger partial charge >= 0.3 is 5.97 Å². The Bertz CT molecular complexity index is 632. The SMILES string of the molecule is CC(C)CC1C(=O)N(c2ccccc2)CC(=O)ON1C(=O)CCCCO. The molecule has 7 heteroatoms. The summed E-state index contributed by atoms with van der Waals surface area (Å²) in [6.07, 6.45) is 1.45. The van der Waals surface area contributed by atoms with Crippen molar-refractivity contribution < 1.29 is 24.3 Å². The number of hydrogen-bond donors (Lipinski definition) is 1. The van der Waals surface area contributed by atoms with Gasteiger partial charge in [-0.2, -0.15) is 5.06 Å². The molecule has 1 saturated heterocycles. The van der Waals surface area contributed by atoms with Crippen LogP contribution in [-0.2, 0) is 19.2 Å². The lowest BCUT2D eigenvalue weighted by Gasteiger charge is -2.29. The number of unbranched alkanes of at least 4 members (excludes halogenated alkanes) is 1. The Hall–Kier alpha value is -2.41. The maximum Gasteiger partial charge on any atom is 0.352 e. The molecule has 2 amide bonds. The molecule has 1 N–H and O–H groups in total. The number of para-hydroxylation sites is 1. The zero-order chi connectivity index (χ0) is 19.1. The molecule has 2 rings (SSSR count). The van der Waals surface area contributed by atoms with Gasteiger partial charge in [0.25, 0.3) is 11.8 Å². The van der Waals surface area contributed by atoms with Gasteiger partial charge in [-0.05, 0) is 37.3 Å². The molecule has 0 aromatic heterocycles. The van der Waals surface area contributed by atoms with Crippen molar-refractivity contribution in [1.29, 1.82) is 0 Å². The van der Waals surface area contributed by atoms with Gasteiger partial charge in [0.2, 0.25) is 0 Å². The predicted octanol–water partition coefficient (Wildman–Crippen LogP) is 1.90. The van der Waals surface area contributed by atoms with Crippen molar-refractivity contribution in [3.8, 4) is 0 Å². The number of amides is 2. The summed E-state index contributed by atoms with van der Waals surface area (Å²) < 4.78 is 0. The Morgan fingerprint density at radius 3 is 2.54 bits per heavy atom. The van der Waals surface area contributed by atoms with Gasteiger partial charge in [0, 0.05) is 18.7 Å². The Labute approximate surface area is 153 Å². The molecule has 1 heterocycles. The first kappa shape index (κ1) is 19.9. The van der Waals surface area contributed by atoms with E-state index < -0.39 is 17.9 Å². The number of nitrogens with zero attached hydrogens (tertiary/aromatic N) is 2. The van der Waals surface area contributed by atoms with Crippen LogP contribution in [0.2, 0.25) is 0 Å². The fourth-order valence-corrected chi connectivity index (χ4v) is 2.88. The van der Waals surface area contributed by atoms with Crippen LogP contribution < -0.4 is 4.90 Å². The number of aliphatic hydroxyl groups excluding tert-OH is 1. The molecule has 1 atom stereocenters. The van der Waals surface area contributed by atoms with Crippen LogP contribution in [0, 0.1) is 5.92 Å². The van der Waals surface area contributed by atoms with Gasteiger partial charge in [0.05, 0.1) is 0 Å². The molecule has 7 nitrogen and oxygen atoms in total. The van der Waals surface area contributed by atoms with Crippen molar-refractivity contribution in [1.82, 2.24) is 5.06 Å². The largest absolute Gasteiger partial charge is 0.396 e. The minimum absolute atomic E-state index is 0.0107. The minimum atomic E-state index is -0.858. The maximum atomic E-state index is 13.1. The van der Waals surface area contributed by atoms with E-state index in [1.807, 2.05) is 19.9 Å². The Balaban J connectivity index is 2.29. The third-order valence-electron chi connectivity index (χ3n) is 4.13. The number of carbonyl (C=O) groups is 3. The smallest absolute Gasteiger partial charge is 0.352 e. The zero-order valence-corrected chi connectivity index (χ0v) is 15.3. The second-order valence-corrected chi connectivity index (χ2v) is 6.77. The molecular weight excluding hydrogens is 336 g/mol. The van der Waals surface area contributed by atoms with Gasteiger partial charge in [-0.15, -0.1) is 0 Å². The number of rotatable bonds is 7. The molecular formula is C19H26N2O5.